The molecule has 4 nitrogen and oxygen atoms in total. The summed E-state index contributed by atoms with van der Waals surface area (Å²) in [6.07, 6.45) is 9.44. The standard InChI is InChI=1S/C11H20N4/c1-2-8-15(14-9-7-13-10-14)11-3-5-12-6-4-11/h7,9-12H,2-6,8H2,1H3. The van der Waals surface area contributed by atoms with E-state index in [9.17, 15) is 0 Å². The van der Waals surface area contributed by atoms with Crippen molar-refractivity contribution in [1.29, 1.82) is 0 Å². The fourth-order valence-electron chi connectivity index (χ4n) is 2.22. The molecule has 1 fully saturated rings. The zero-order valence-electron chi connectivity index (χ0n) is 9.39. The molecule has 84 valence electrons. The molecule has 0 bridgehead atoms. The first kappa shape index (κ1) is 10.5. The Labute approximate surface area is 91.3 Å². The monoisotopic (exact) mass is 208 g/mol. The molecule has 1 saturated heterocycles. The Morgan fingerprint density at radius 3 is 2.87 bits per heavy atom. The summed E-state index contributed by atoms with van der Waals surface area (Å²) in [4.78, 5) is 4.13. The Kier molecular flexibility index (Phi) is 3.61. The van der Waals surface area contributed by atoms with E-state index in [1.165, 1.54) is 19.3 Å². The molecule has 2 rings (SSSR count). The van der Waals surface area contributed by atoms with E-state index in [2.05, 4.69) is 26.9 Å². The highest BCUT2D eigenvalue weighted by molar-refractivity contribution is 4.97. The van der Waals surface area contributed by atoms with Gasteiger partial charge in [0.25, 0.3) is 0 Å². The van der Waals surface area contributed by atoms with Gasteiger partial charge in [-0.25, -0.2) is 4.98 Å². The third-order valence-corrected chi connectivity index (χ3v) is 2.97. The van der Waals surface area contributed by atoms with E-state index < -0.39 is 0 Å². The van der Waals surface area contributed by atoms with Gasteiger partial charge in [0.15, 0.2) is 0 Å². The van der Waals surface area contributed by atoms with Gasteiger partial charge in [0.2, 0.25) is 0 Å². The minimum atomic E-state index is 0.667. The van der Waals surface area contributed by atoms with E-state index in [1.54, 1.807) is 0 Å². The van der Waals surface area contributed by atoms with Crippen LogP contribution in [0.1, 0.15) is 26.2 Å². The van der Waals surface area contributed by atoms with Crippen LogP contribution in [0, 0.1) is 0 Å². The van der Waals surface area contributed by atoms with Crippen LogP contribution in [0.15, 0.2) is 18.7 Å². The summed E-state index contributed by atoms with van der Waals surface area (Å²) < 4.78 is 2.14. The van der Waals surface area contributed by atoms with Gasteiger partial charge in [0.1, 0.15) is 6.33 Å². The van der Waals surface area contributed by atoms with Crippen LogP contribution in [0.25, 0.3) is 0 Å². The average molecular weight is 208 g/mol. The Balaban J connectivity index is 2.04. The minimum absolute atomic E-state index is 0.667. The van der Waals surface area contributed by atoms with E-state index in [0.29, 0.717) is 6.04 Å². The highest BCUT2D eigenvalue weighted by Gasteiger charge is 2.20. The molecule has 1 aromatic rings. The topological polar surface area (TPSA) is 33.1 Å². The summed E-state index contributed by atoms with van der Waals surface area (Å²) in [7, 11) is 0. The van der Waals surface area contributed by atoms with Gasteiger partial charge in [-0.2, -0.15) is 0 Å². The molecule has 15 heavy (non-hydrogen) atoms. The SMILES string of the molecule is CCCN(C1CCNCC1)n1ccnc1. The smallest absolute Gasteiger partial charge is 0.114 e. The summed E-state index contributed by atoms with van der Waals surface area (Å²) in [5.41, 5.74) is 0. The Morgan fingerprint density at radius 2 is 2.27 bits per heavy atom. The second-order valence-electron chi connectivity index (χ2n) is 4.09. The number of imidazole rings is 1. The fraction of sp³-hybridized carbons (Fsp3) is 0.727. The first-order chi connectivity index (χ1) is 7.42. The molecule has 0 amide bonds. The molecule has 0 unspecified atom stereocenters. The van der Waals surface area contributed by atoms with Crippen molar-refractivity contribution in [3.63, 3.8) is 0 Å². The number of nitrogens with zero attached hydrogens (tertiary/aromatic N) is 3. The molecule has 1 aromatic heterocycles. The Bertz CT molecular complexity index is 264. The van der Waals surface area contributed by atoms with Crippen molar-refractivity contribution in [2.24, 2.45) is 0 Å². The number of aromatic nitrogens is 2. The number of rotatable bonds is 4. The molecule has 0 spiro atoms. The van der Waals surface area contributed by atoms with Crippen molar-refractivity contribution in [2.45, 2.75) is 32.2 Å². The van der Waals surface area contributed by atoms with Crippen molar-refractivity contribution in [3.05, 3.63) is 18.7 Å². The maximum absolute atomic E-state index is 4.13. The normalized spacial score (nSPS) is 17.9. The average Bonchev–Trinajstić information content (AvgIpc) is 2.80. The van der Waals surface area contributed by atoms with Crippen LogP contribution < -0.4 is 10.3 Å². The van der Waals surface area contributed by atoms with Crippen molar-refractivity contribution >= 4 is 0 Å². The lowest BCUT2D eigenvalue weighted by molar-refractivity contribution is 0.372. The van der Waals surface area contributed by atoms with E-state index in [4.69, 9.17) is 0 Å². The van der Waals surface area contributed by atoms with Gasteiger partial charge in [0.05, 0.1) is 0 Å². The molecule has 0 aliphatic carbocycles. The summed E-state index contributed by atoms with van der Waals surface area (Å²) in [5.74, 6) is 0. The quantitative estimate of drug-likeness (QED) is 0.801. The molecular weight excluding hydrogens is 188 g/mol. The lowest BCUT2D eigenvalue weighted by Crippen LogP contribution is -2.48. The largest absolute Gasteiger partial charge is 0.317 e. The maximum Gasteiger partial charge on any atom is 0.114 e. The van der Waals surface area contributed by atoms with Crippen molar-refractivity contribution in [3.8, 4) is 0 Å². The van der Waals surface area contributed by atoms with Gasteiger partial charge in [-0.05, 0) is 32.4 Å². The number of hydrogen-bond donors (Lipinski definition) is 1. The summed E-state index contributed by atoms with van der Waals surface area (Å²) >= 11 is 0. The van der Waals surface area contributed by atoms with Crippen molar-refractivity contribution in [2.75, 3.05) is 24.6 Å². The van der Waals surface area contributed by atoms with Crippen LogP contribution in [0.4, 0.5) is 0 Å². The van der Waals surface area contributed by atoms with Gasteiger partial charge in [-0.1, -0.05) is 6.92 Å². The Hall–Kier alpha value is -1.03. The Morgan fingerprint density at radius 1 is 1.47 bits per heavy atom. The highest BCUT2D eigenvalue weighted by atomic mass is 15.6. The van der Waals surface area contributed by atoms with Crippen LogP contribution in [-0.4, -0.2) is 35.3 Å². The van der Waals surface area contributed by atoms with E-state index in [1.807, 2.05) is 18.7 Å². The van der Waals surface area contributed by atoms with Crippen LogP contribution in [0.2, 0.25) is 0 Å². The van der Waals surface area contributed by atoms with Gasteiger partial charge < -0.3 is 10.3 Å². The molecule has 0 atom stereocenters. The third kappa shape index (κ3) is 2.50. The highest BCUT2D eigenvalue weighted by Crippen LogP contribution is 2.11. The van der Waals surface area contributed by atoms with Crippen molar-refractivity contribution < 1.29 is 0 Å². The number of hydrogen-bond acceptors (Lipinski definition) is 3. The van der Waals surface area contributed by atoms with Gasteiger partial charge in [0, 0.05) is 25.0 Å². The lowest BCUT2D eigenvalue weighted by Gasteiger charge is -2.36. The summed E-state index contributed by atoms with van der Waals surface area (Å²) in [6, 6.07) is 0.667. The van der Waals surface area contributed by atoms with Gasteiger partial charge >= 0.3 is 0 Å². The first-order valence-electron chi connectivity index (χ1n) is 5.87. The molecule has 0 saturated carbocycles. The molecule has 0 radical (unpaired) electrons. The fourth-order valence-corrected chi connectivity index (χ4v) is 2.22. The van der Waals surface area contributed by atoms with Crippen LogP contribution in [0.5, 0.6) is 0 Å². The summed E-state index contributed by atoms with van der Waals surface area (Å²) in [5, 5.41) is 5.84. The zero-order valence-corrected chi connectivity index (χ0v) is 9.39. The lowest BCUT2D eigenvalue weighted by atomic mass is 10.1. The first-order valence-corrected chi connectivity index (χ1v) is 5.87. The molecule has 0 aromatic carbocycles. The zero-order chi connectivity index (χ0) is 10.5. The van der Waals surface area contributed by atoms with Gasteiger partial charge in [-0.15, -0.1) is 0 Å². The van der Waals surface area contributed by atoms with E-state index in [0.717, 1.165) is 19.6 Å². The molecule has 2 heterocycles. The second-order valence-corrected chi connectivity index (χ2v) is 4.09. The van der Waals surface area contributed by atoms with Crippen molar-refractivity contribution in [1.82, 2.24) is 15.0 Å². The molecular formula is C11H20N4. The summed E-state index contributed by atoms with van der Waals surface area (Å²) in [6.45, 7) is 5.62. The molecule has 4 heteroatoms. The predicted octanol–water partition coefficient (Wildman–Crippen LogP) is 0.983. The maximum atomic E-state index is 4.13. The van der Waals surface area contributed by atoms with Crippen LogP contribution in [0.3, 0.4) is 0 Å². The van der Waals surface area contributed by atoms with Crippen LogP contribution in [-0.2, 0) is 0 Å². The molecule has 1 aliphatic heterocycles. The van der Waals surface area contributed by atoms with E-state index >= 15 is 0 Å². The van der Waals surface area contributed by atoms with Gasteiger partial charge in [-0.3, -0.25) is 4.68 Å². The second kappa shape index (κ2) is 5.16. The molecule has 1 aliphatic rings. The third-order valence-electron chi connectivity index (χ3n) is 2.97. The predicted molar refractivity (Wildman–Crippen MR) is 61.5 cm³/mol. The number of piperidine rings is 1. The number of nitrogens with one attached hydrogen (secondary N) is 1. The minimum Gasteiger partial charge on any atom is -0.317 e. The molecule has 1 N–H and O–H groups in total. The van der Waals surface area contributed by atoms with E-state index in [-0.39, 0.29) is 0 Å². The van der Waals surface area contributed by atoms with Crippen LogP contribution >= 0.6 is 0 Å².